The van der Waals surface area contributed by atoms with E-state index in [1.807, 2.05) is 19.1 Å². The lowest BCUT2D eigenvalue weighted by atomic mass is 10.0. The molecule has 2 aromatic rings. The molecule has 1 aromatic carbocycles. The van der Waals surface area contributed by atoms with Crippen molar-refractivity contribution in [1.29, 1.82) is 0 Å². The van der Waals surface area contributed by atoms with E-state index in [1.165, 1.54) is 11.1 Å². The van der Waals surface area contributed by atoms with Gasteiger partial charge in [-0.1, -0.05) is 35.9 Å². The molecule has 3 heteroatoms. The molecule has 0 amide bonds. The van der Waals surface area contributed by atoms with Crippen molar-refractivity contribution in [2.45, 2.75) is 19.9 Å². The van der Waals surface area contributed by atoms with Gasteiger partial charge in [0.2, 0.25) is 0 Å². The molecule has 1 heterocycles. The molecule has 0 fully saturated rings. The van der Waals surface area contributed by atoms with Gasteiger partial charge in [0, 0.05) is 4.88 Å². The normalized spacial score (nSPS) is 12.8. The highest BCUT2D eigenvalue weighted by molar-refractivity contribution is 7.16. The summed E-state index contributed by atoms with van der Waals surface area (Å²) < 4.78 is 0.832. The number of benzene rings is 1. The first-order valence-corrected chi connectivity index (χ1v) is 6.36. The van der Waals surface area contributed by atoms with Gasteiger partial charge in [0.25, 0.3) is 0 Å². The van der Waals surface area contributed by atoms with Crippen molar-refractivity contribution in [3.63, 3.8) is 0 Å². The fraction of sp³-hybridized carbons (Fsp3) is 0.231. The Morgan fingerprint density at radius 1 is 1.19 bits per heavy atom. The Hall–Kier alpha value is -0.830. The quantitative estimate of drug-likeness (QED) is 0.856. The summed E-state index contributed by atoms with van der Waals surface area (Å²) in [4.78, 5) is 1.12. The first-order valence-electron chi connectivity index (χ1n) is 5.16. The molecule has 1 nitrogen and oxygen atoms in total. The highest BCUT2D eigenvalue weighted by Gasteiger charge is 2.14. The molecule has 1 unspecified atom stereocenters. The summed E-state index contributed by atoms with van der Waals surface area (Å²) in [6.07, 6.45) is 0. The zero-order valence-corrected chi connectivity index (χ0v) is 10.9. The third kappa shape index (κ3) is 2.14. The molecule has 1 aromatic heterocycles. The van der Waals surface area contributed by atoms with Crippen molar-refractivity contribution >= 4 is 22.9 Å². The minimum absolute atomic E-state index is 0.0719. The average Bonchev–Trinajstić information content (AvgIpc) is 2.59. The van der Waals surface area contributed by atoms with Crippen molar-refractivity contribution in [3.8, 4) is 0 Å². The van der Waals surface area contributed by atoms with Crippen LogP contribution in [0.2, 0.25) is 4.34 Å². The number of halogens is 1. The molecule has 2 rings (SSSR count). The highest BCUT2D eigenvalue weighted by atomic mass is 35.5. The summed E-state index contributed by atoms with van der Waals surface area (Å²) in [6, 6.07) is 10.2. The van der Waals surface area contributed by atoms with Crippen molar-refractivity contribution in [1.82, 2.24) is 0 Å². The van der Waals surface area contributed by atoms with E-state index in [9.17, 15) is 0 Å². The molecule has 0 saturated heterocycles. The zero-order valence-electron chi connectivity index (χ0n) is 9.33. The van der Waals surface area contributed by atoms with Crippen LogP contribution >= 0.6 is 22.9 Å². The fourth-order valence-electron chi connectivity index (χ4n) is 1.73. The van der Waals surface area contributed by atoms with Gasteiger partial charge < -0.3 is 5.73 Å². The minimum atomic E-state index is -0.0719. The van der Waals surface area contributed by atoms with Crippen LogP contribution in [0.25, 0.3) is 0 Å². The molecule has 84 valence electrons. The molecule has 0 aliphatic rings. The maximum absolute atomic E-state index is 6.25. The molecule has 0 radical (unpaired) electrons. The molecule has 0 saturated carbocycles. The summed E-state index contributed by atoms with van der Waals surface area (Å²) in [5, 5.41) is 0. The summed E-state index contributed by atoms with van der Waals surface area (Å²) >= 11 is 7.63. The standard InChI is InChI=1S/C13H14ClNS/c1-8-5-3-4-6-10(8)12(15)11-7-9(2)13(14)16-11/h3-7,12H,15H2,1-2H3. The molecule has 16 heavy (non-hydrogen) atoms. The Morgan fingerprint density at radius 2 is 1.88 bits per heavy atom. The Labute approximate surface area is 105 Å². The van der Waals surface area contributed by atoms with Crippen LogP contribution in [0.4, 0.5) is 0 Å². The second-order valence-corrected chi connectivity index (χ2v) is 5.63. The fourth-order valence-corrected chi connectivity index (χ4v) is 2.96. The molecule has 0 spiro atoms. The van der Waals surface area contributed by atoms with E-state index < -0.39 is 0 Å². The van der Waals surface area contributed by atoms with Gasteiger partial charge in [-0.25, -0.2) is 0 Å². The van der Waals surface area contributed by atoms with Gasteiger partial charge in [-0.3, -0.25) is 0 Å². The van der Waals surface area contributed by atoms with Crippen LogP contribution in [-0.2, 0) is 0 Å². The van der Waals surface area contributed by atoms with Gasteiger partial charge in [-0.2, -0.15) is 0 Å². The van der Waals surface area contributed by atoms with E-state index in [4.69, 9.17) is 17.3 Å². The predicted octanol–water partition coefficient (Wildman–Crippen LogP) is 4.07. The van der Waals surface area contributed by atoms with Gasteiger partial charge in [-0.15, -0.1) is 11.3 Å². The van der Waals surface area contributed by atoms with Gasteiger partial charge in [0.05, 0.1) is 10.4 Å². The second kappa shape index (κ2) is 4.58. The third-order valence-electron chi connectivity index (χ3n) is 2.71. The lowest BCUT2D eigenvalue weighted by Gasteiger charge is -2.12. The number of thiophene rings is 1. The first kappa shape index (κ1) is 11.6. The van der Waals surface area contributed by atoms with Crippen LogP contribution in [0.1, 0.15) is 27.6 Å². The number of rotatable bonds is 2. The lowest BCUT2D eigenvalue weighted by Crippen LogP contribution is -2.11. The van der Waals surface area contributed by atoms with Gasteiger partial charge >= 0.3 is 0 Å². The van der Waals surface area contributed by atoms with Crippen LogP contribution < -0.4 is 5.73 Å². The largest absolute Gasteiger partial charge is 0.320 e. The molecular formula is C13H14ClNS. The zero-order chi connectivity index (χ0) is 11.7. The van der Waals surface area contributed by atoms with Crippen molar-refractivity contribution < 1.29 is 0 Å². The SMILES string of the molecule is Cc1ccccc1C(N)c1cc(C)c(Cl)s1. The van der Waals surface area contributed by atoms with Crippen molar-refractivity contribution in [3.05, 3.63) is 56.2 Å². The number of hydrogen-bond acceptors (Lipinski definition) is 2. The number of aryl methyl sites for hydroxylation is 2. The molecule has 0 aliphatic heterocycles. The molecule has 0 bridgehead atoms. The maximum atomic E-state index is 6.25. The molecular weight excluding hydrogens is 238 g/mol. The van der Waals surface area contributed by atoms with Crippen LogP contribution in [0.15, 0.2) is 30.3 Å². The summed E-state index contributed by atoms with van der Waals surface area (Å²) in [5.74, 6) is 0. The number of nitrogens with two attached hydrogens (primary N) is 1. The van der Waals surface area contributed by atoms with E-state index in [1.54, 1.807) is 11.3 Å². The Balaban J connectivity index is 2.39. The van der Waals surface area contributed by atoms with Crippen LogP contribution in [0.3, 0.4) is 0 Å². The predicted molar refractivity (Wildman–Crippen MR) is 71.3 cm³/mol. The third-order valence-corrected chi connectivity index (χ3v) is 4.34. The van der Waals surface area contributed by atoms with E-state index in [0.717, 1.165) is 14.8 Å². The van der Waals surface area contributed by atoms with E-state index in [-0.39, 0.29) is 6.04 Å². The Bertz CT molecular complexity index is 485. The van der Waals surface area contributed by atoms with Gasteiger partial charge in [0.1, 0.15) is 0 Å². The van der Waals surface area contributed by atoms with Crippen molar-refractivity contribution in [2.24, 2.45) is 5.73 Å². The van der Waals surface area contributed by atoms with Crippen LogP contribution in [0.5, 0.6) is 0 Å². The maximum Gasteiger partial charge on any atom is 0.0961 e. The Kier molecular flexibility index (Phi) is 3.33. The minimum Gasteiger partial charge on any atom is -0.320 e. The van der Waals surface area contributed by atoms with Crippen LogP contribution in [0, 0.1) is 13.8 Å². The average molecular weight is 252 g/mol. The van der Waals surface area contributed by atoms with E-state index >= 15 is 0 Å². The van der Waals surface area contributed by atoms with E-state index in [0.29, 0.717) is 0 Å². The Morgan fingerprint density at radius 3 is 2.44 bits per heavy atom. The summed E-state index contributed by atoms with van der Waals surface area (Å²) in [5.41, 5.74) is 9.74. The highest BCUT2D eigenvalue weighted by Crippen LogP contribution is 2.33. The monoisotopic (exact) mass is 251 g/mol. The van der Waals surface area contributed by atoms with E-state index in [2.05, 4.69) is 25.1 Å². The molecule has 1 atom stereocenters. The smallest absolute Gasteiger partial charge is 0.0961 e. The lowest BCUT2D eigenvalue weighted by molar-refractivity contribution is 0.882. The van der Waals surface area contributed by atoms with Crippen LogP contribution in [-0.4, -0.2) is 0 Å². The summed E-state index contributed by atoms with van der Waals surface area (Å²) in [6.45, 7) is 4.09. The topological polar surface area (TPSA) is 26.0 Å². The number of hydrogen-bond donors (Lipinski definition) is 1. The van der Waals surface area contributed by atoms with Gasteiger partial charge in [-0.05, 0) is 36.6 Å². The van der Waals surface area contributed by atoms with Gasteiger partial charge in [0.15, 0.2) is 0 Å². The van der Waals surface area contributed by atoms with Crippen molar-refractivity contribution in [2.75, 3.05) is 0 Å². The second-order valence-electron chi connectivity index (χ2n) is 3.94. The summed E-state index contributed by atoms with van der Waals surface area (Å²) in [7, 11) is 0. The molecule has 2 N–H and O–H groups in total. The first-order chi connectivity index (χ1) is 7.59. The molecule has 0 aliphatic carbocycles.